The lowest BCUT2D eigenvalue weighted by Crippen LogP contribution is -2.38. The van der Waals surface area contributed by atoms with Crippen LogP contribution in [0.4, 0.5) is 4.79 Å². The van der Waals surface area contributed by atoms with Crippen molar-refractivity contribution in [3.8, 4) is 0 Å². The first kappa shape index (κ1) is 21.4. The van der Waals surface area contributed by atoms with E-state index in [1.807, 2.05) is 43.9 Å². The van der Waals surface area contributed by atoms with E-state index in [0.29, 0.717) is 6.54 Å². The van der Waals surface area contributed by atoms with Crippen molar-refractivity contribution < 1.29 is 9.53 Å². The van der Waals surface area contributed by atoms with Crippen LogP contribution in [-0.2, 0) is 11.2 Å². The first-order valence-electron chi connectivity index (χ1n) is 9.75. The Morgan fingerprint density at radius 3 is 2.19 bits per heavy atom. The summed E-state index contributed by atoms with van der Waals surface area (Å²) in [4.78, 5) is 14.4. The molecule has 0 aliphatic rings. The third kappa shape index (κ3) is 9.06. The molecule has 0 bridgehead atoms. The number of carbonyl (C=O) groups excluding carboxylic acids is 1. The smallest absolute Gasteiger partial charge is 0.410 e. The van der Waals surface area contributed by atoms with Gasteiger partial charge in [0.15, 0.2) is 0 Å². The van der Waals surface area contributed by atoms with Crippen molar-refractivity contribution >= 4 is 20.0 Å². The van der Waals surface area contributed by atoms with Crippen LogP contribution in [0.3, 0.4) is 0 Å². The number of ether oxygens (including phenoxy) is 1. The van der Waals surface area contributed by atoms with Crippen LogP contribution in [0.2, 0.25) is 0 Å². The topological polar surface area (TPSA) is 29.5 Å². The number of carbonyl (C=O) groups is 1. The van der Waals surface area contributed by atoms with E-state index in [1.54, 1.807) is 0 Å². The van der Waals surface area contributed by atoms with Gasteiger partial charge in [-0.05, 0) is 57.1 Å². The maximum absolute atomic E-state index is 12.6. The number of nitrogens with zero attached hydrogens (tertiary/aromatic N) is 1. The number of unbranched alkanes of at least 4 members (excludes halogenated alkanes) is 1. The van der Waals surface area contributed by atoms with Crippen molar-refractivity contribution in [2.45, 2.75) is 45.6 Å². The van der Waals surface area contributed by atoms with Crippen molar-refractivity contribution in [2.24, 2.45) is 0 Å². The van der Waals surface area contributed by atoms with Gasteiger partial charge in [0, 0.05) is 13.1 Å². The standard InChI is InChI=1S/C23H32NO2P/c1-23(2,3)26-22(25)24(18-16-20-12-6-4-7-13-20)17-10-11-19-27-21-14-8-5-9-15-21/h4-9,12-15,27H,10-11,16-19H2,1-3H3. The molecule has 2 aromatic rings. The van der Waals surface area contributed by atoms with Crippen LogP contribution in [-0.4, -0.2) is 35.8 Å². The van der Waals surface area contributed by atoms with Gasteiger partial charge in [-0.15, -0.1) is 0 Å². The zero-order valence-electron chi connectivity index (χ0n) is 16.8. The van der Waals surface area contributed by atoms with E-state index in [0.717, 1.165) is 34.4 Å². The summed E-state index contributed by atoms with van der Waals surface area (Å²) in [5.41, 5.74) is 0.785. The Morgan fingerprint density at radius 2 is 1.56 bits per heavy atom. The number of hydrogen-bond donors (Lipinski definition) is 0. The third-order valence-corrected chi connectivity index (χ3v) is 5.47. The highest BCUT2D eigenvalue weighted by molar-refractivity contribution is 7.47. The van der Waals surface area contributed by atoms with Crippen LogP contribution in [0.15, 0.2) is 60.7 Å². The lowest BCUT2D eigenvalue weighted by atomic mass is 10.1. The molecule has 0 saturated heterocycles. The van der Waals surface area contributed by atoms with Gasteiger partial charge in [-0.2, -0.15) is 0 Å². The third-order valence-electron chi connectivity index (χ3n) is 4.12. The summed E-state index contributed by atoms with van der Waals surface area (Å²) in [7, 11) is 0.837. The van der Waals surface area contributed by atoms with Crippen molar-refractivity contribution in [3.05, 3.63) is 66.2 Å². The molecule has 27 heavy (non-hydrogen) atoms. The van der Waals surface area contributed by atoms with E-state index in [4.69, 9.17) is 4.74 Å². The maximum atomic E-state index is 12.6. The van der Waals surface area contributed by atoms with Gasteiger partial charge in [0.25, 0.3) is 0 Å². The summed E-state index contributed by atoms with van der Waals surface area (Å²) >= 11 is 0. The molecule has 4 heteroatoms. The highest BCUT2D eigenvalue weighted by Gasteiger charge is 2.21. The molecule has 0 saturated carbocycles. The lowest BCUT2D eigenvalue weighted by molar-refractivity contribution is 0.0250. The van der Waals surface area contributed by atoms with Gasteiger partial charge in [-0.25, -0.2) is 4.79 Å². The summed E-state index contributed by atoms with van der Waals surface area (Å²) in [6, 6.07) is 20.9. The average Bonchev–Trinajstić information content (AvgIpc) is 2.64. The van der Waals surface area contributed by atoms with Crippen LogP contribution >= 0.6 is 8.58 Å². The molecular formula is C23H32NO2P. The summed E-state index contributed by atoms with van der Waals surface area (Å²) < 4.78 is 5.60. The van der Waals surface area contributed by atoms with Gasteiger partial charge in [0.05, 0.1) is 0 Å². The molecule has 0 aliphatic carbocycles. The van der Waals surface area contributed by atoms with Gasteiger partial charge in [-0.1, -0.05) is 69.2 Å². The minimum absolute atomic E-state index is 0.205. The Bertz CT molecular complexity index is 668. The molecule has 2 rings (SSSR count). The molecule has 1 amide bonds. The van der Waals surface area contributed by atoms with Crippen LogP contribution in [0.5, 0.6) is 0 Å². The predicted octanol–water partition coefficient (Wildman–Crippen LogP) is 5.25. The second-order valence-electron chi connectivity index (χ2n) is 7.70. The zero-order valence-corrected chi connectivity index (χ0v) is 17.8. The Kier molecular flexibility index (Phi) is 8.81. The van der Waals surface area contributed by atoms with Gasteiger partial charge < -0.3 is 9.64 Å². The molecular weight excluding hydrogens is 353 g/mol. The van der Waals surface area contributed by atoms with Crippen molar-refractivity contribution in [2.75, 3.05) is 19.3 Å². The Labute approximate surface area is 165 Å². The zero-order chi connectivity index (χ0) is 19.5. The van der Waals surface area contributed by atoms with Crippen molar-refractivity contribution in [1.82, 2.24) is 4.90 Å². The molecule has 1 atom stereocenters. The van der Waals surface area contributed by atoms with Crippen LogP contribution < -0.4 is 5.30 Å². The summed E-state index contributed by atoms with van der Waals surface area (Å²) in [6.45, 7) is 7.20. The lowest BCUT2D eigenvalue weighted by Gasteiger charge is -2.27. The fraction of sp³-hybridized carbons (Fsp3) is 0.435. The van der Waals surface area contributed by atoms with Crippen molar-refractivity contribution in [3.63, 3.8) is 0 Å². The molecule has 0 fully saturated rings. The van der Waals surface area contributed by atoms with E-state index in [2.05, 4.69) is 42.5 Å². The number of hydrogen-bond acceptors (Lipinski definition) is 2. The minimum Gasteiger partial charge on any atom is -0.444 e. The monoisotopic (exact) mass is 385 g/mol. The quantitative estimate of drug-likeness (QED) is 0.436. The number of rotatable bonds is 9. The largest absolute Gasteiger partial charge is 0.444 e. The molecule has 0 heterocycles. The van der Waals surface area contributed by atoms with E-state index in [9.17, 15) is 4.79 Å². The fourth-order valence-electron chi connectivity index (χ4n) is 2.75. The molecule has 0 aromatic heterocycles. The molecule has 0 radical (unpaired) electrons. The molecule has 0 spiro atoms. The van der Waals surface area contributed by atoms with E-state index < -0.39 is 5.60 Å². The molecule has 2 aromatic carbocycles. The maximum Gasteiger partial charge on any atom is 0.410 e. The van der Waals surface area contributed by atoms with Crippen LogP contribution in [0.1, 0.15) is 39.2 Å². The van der Waals surface area contributed by atoms with E-state index >= 15 is 0 Å². The SMILES string of the molecule is CC(C)(C)OC(=O)N(CCCCPc1ccccc1)CCc1ccccc1. The molecule has 146 valence electrons. The van der Waals surface area contributed by atoms with Crippen molar-refractivity contribution in [1.29, 1.82) is 0 Å². The van der Waals surface area contributed by atoms with E-state index in [-0.39, 0.29) is 6.09 Å². The molecule has 3 nitrogen and oxygen atoms in total. The van der Waals surface area contributed by atoms with Crippen LogP contribution in [0.25, 0.3) is 0 Å². The Morgan fingerprint density at radius 1 is 0.926 bits per heavy atom. The van der Waals surface area contributed by atoms with Gasteiger partial charge in [0.2, 0.25) is 0 Å². The highest BCUT2D eigenvalue weighted by Crippen LogP contribution is 2.15. The summed E-state index contributed by atoms with van der Waals surface area (Å²) in [5, 5.41) is 1.41. The Hall–Kier alpha value is -1.86. The molecule has 0 N–H and O–H groups in total. The number of benzene rings is 2. The minimum atomic E-state index is -0.462. The van der Waals surface area contributed by atoms with Crippen LogP contribution in [0, 0.1) is 0 Å². The second-order valence-corrected chi connectivity index (χ2v) is 9.13. The fourth-order valence-corrected chi connectivity index (χ4v) is 3.89. The van der Waals surface area contributed by atoms with E-state index in [1.165, 1.54) is 17.0 Å². The predicted molar refractivity (Wildman–Crippen MR) is 116 cm³/mol. The molecule has 1 unspecified atom stereocenters. The van der Waals surface area contributed by atoms with Gasteiger partial charge >= 0.3 is 6.09 Å². The first-order valence-corrected chi connectivity index (χ1v) is 11.0. The first-order chi connectivity index (χ1) is 12.9. The number of amides is 1. The Balaban J connectivity index is 1.80. The second kappa shape index (κ2) is 11.1. The molecule has 0 aliphatic heterocycles. The van der Waals surface area contributed by atoms with Gasteiger partial charge in [0.1, 0.15) is 5.60 Å². The average molecular weight is 385 g/mol. The highest BCUT2D eigenvalue weighted by atomic mass is 31.1. The normalized spacial score (nSPS) is 11.7. The summed E-state index contributed by atoms with van der Waals surface area (Å²) in [5.74, 6) is 0. The summed E-state index contributed by atoms with van der Waals surface area (Å²) in [6.07, 6.45) is 3.95. The van der Waals surface area contributed by atoms with Gasteiger partial charge in [-0.3, -0.25) is 0 Å².